The quantitative estimate of drug-likeness (QED) is 0.796. The van der Waals surface area contributed by atoms with Crippen LogP contribution in [0.4, 0.5) is 0 Å². The average Bonchev–Trinajstić information content (AvgIpc) is 2.55. The highest BCUT2D eigenvalue weighted by Crippen LogP contribution is 2.37. The molecule has 0 aliphatic carbocycles. The molecule has 1 aliphatic heterocycles. The summed E-state index contributed by atoms with van der Waals surface area (Å²) in [6.45, 7) is 1.91. The minimum Gasteiger partial charge on any atom is -0.493 e. The number of hydrogen-bond donors (Lipinski definition) is 1. The number of nitrogens with one attached hydrogen (secondary N) is 1. The summed E-state index contributed by atoms with van der Waals surface area (Å²) in [4.78, 5) is 0.0592. The molecular formula is C15H24Cl2N2O4S. The predicted octanol–water partition coefficient (Wildman–Crippen LogP) is 2.40. The van der Waals surface area contributed by atoms with Crippen molar-refractivity contribution in [3.63, 3.8) is 0 Å². The summed E-state index contributed by atoms with van der Waals surface area (Å²) in [7, 11) is 1.21. The summed E-state index contributed by atoms with van der Waals surface area (Å²) in [6, 6.07) is 2.90. The number of piperidine rings is 1. The van der Waals surface area contributed by atoms with Crippen LogP contribution in [0.5, 0.6) is 11.5 Å². The van der Waals surface area contributed by atoms with E-state index < -0.39 is 10.0 Å². The van der Waals surface area contributed by atoms with Crippen molar-refractivity contribution in [2.45, 2.75) is 17.7 Å². The number of methoxy groups -OCH3 is 2. The largest absolute Gasteiger partial charge is 0.493 e. The molecule has 1 aromatic carbocycles. The lowest BCUT2D eigenvalue weighted by Gasteiger charge is -2.31. The van der Waals surface area contributed by atoms with Gasteiger partial charge in [0, 0.05) is 25.2 Å². The van der Waals surface area contributed by atoms with E-state index in [2.05, 4.69) is 5.32 Å². The Morgan fingerprint density at radius 2 is 1.75 bits per heavy atom. The number of ether oxygens (including phenoxy) is 2. The molecule has 2 rings (SSSR count). The van der Waals surface area contributed by atoms with Gasteiger partial charge >= 0.3 is 0 Å². The first-order valence-corrected chi connectivity index (χ1v) is 9.32. The highest BCUT2D eigenvalue weighted by Gasteiger charge is 2.31. The number of sulfonamides is 1. The van der Waals surface area contributed by atoms with E-state index in [1.165, 1.54) is 30.7 Å². The predicted molar refractivity (Wildman–Crippen MR) is 97.2 cm³/mol. The van der Waals surface area contributed by atoms with Gasteiger partial charge in [0.15, 0.2) is 11.5 Å². The fraction of sp³-hybridized carbons (Fsp3) is 0.600. The van der Waals surface area contributed by atoms with Gasteiger partial charge in [-0.05, 0) is 32.4 Å². The molecule has 1 aliphatic rings. The van der Waals surface area contributed by atoms with Crippen LogP contribution in [0.15, 0.2) is 17.0 Å². The molecule has 24 heavy (non-hydrogen) atoms. The second-order valence-electron chi connectivity index (χ2n) is 5.54. The van der Waals surface area contributed by atoms with Gasteiger partial charge in [0.2, 0.25) is 10.0 Å². The Hall–Kier alpha value is -0.730. The smallest absolute Gasteiger partial charge is 0.244 e. The number of hydrogen-bond acceptors (Lipinski definition) is 5. The first-order chi connectivity index (χ1) is 10.9. The third kappa shape index (κ3) is 4.46. The molecule has 1 saturated heterocycles. The maximum atomic E-state index is 12.9. The summed E-state index contributed by atoms with van der Waals surface area (Å²) in [6.07, 6.45) is 1.68. The van der Waals surface area contributed by atoms with Crippen LogP contribution >= 0.6 is 24.0 Å². The SMILES string of the molecule is CNCC1CCN(S(=O)(=O)c2cc(OC)c(OC)cc2Cl)CC1.Cl. The van der Waals surface area contributed by atoms with Gasteiger partial charge in [-0.3, -0.25) is 0 Å². The Morgan fingerprint density at radius 3 is 2.25 bits per heavy atom. The molecule has 0 atom stereocenters. The zero-order chi connectivity index (χ0) is 17.0. The minimum absolute atomic E-state index is 0. The van der Waals surface area contributed by atoms with Crippen LogP contribution in [0.2, 0.25) is 5.02 Å². The van der Waals surface area contributed by atoms with Crippen molar-refractivity contribution < 1.29 is 17.9 Å². The van der Waals surface area contributed by atoms with Gasteiger partial charge in [0.25, 0.3) is 0 Å². The Bertz CT molecular complexity index is 647. The molecule has 138 valence electrons. The highest BCUT2D eigenvalue weighted by atomic mass is 35.5. The van der Waals surface area contributed by atoms with Gasteiger partial charge in [-0.1, -0.05) is 11.6 Å². The van der Waals surface area contributed by atoms with Gasteiger partial charge in [0.1, 0.15) is 4.90 Å². The van der Waals surface area contributed by atoms with Crippen molar-refractivity contribution in [3.05, 3.63) is 17.2 Å². The van der Waals surface area contributed by atoms with Gasteiger partial charge in [-0.25, -0.2) is 8.42 Å². The Morgan fingerprint density at radius 1 is 1.21 bits per heavy atom. The monoisotopic (exact) mass is 398 g/mol. The number of nitrogens with zero attached hydrogens (tertiary/aromatic N) is 1. The summed E-state index contributed by atoms with van der Waals surface area (Å²) in [5.41, 5.74) is 0. The molecular weight excluding hydrogens is 375 g/mol. The second-order valence-corrected chi connectivity index (χ2v) is 7.86. The lowest BCUT2D eigenvalue weighted by atomic mass is 9.98. The van der Waals surface area contributed by atoms with Crippen molar-refractivity contribution in [1.29, 1.82) is 0 Å². The molecule has 0 amide bonds. The van der Waals surface area contributed by atoms with Gasteiger partial charge in [0.05, 0.1) is 19.2 Å². The molecule has 0 unspecified atom stereocenters. The standard InChI is InChI=1S/C15H23ClN2O4S.ClH/c1-17-10-11-4-6-18(7-5-11)23(19,20)15-9-14(22-3)13(21-2)8-12(15)16;/h8-9,11,17H,4-7,10H2,1-3H3;1H. The maximum absolute atomic E-state index is 12.9. The number of halogens is 2. The van der Waals surface area contributed by atoms with Crippen molar-refractivity contribution in [2.75, 3.05) is 40.9 Å². The van der Waals surface area contributed by atoms with Crippen molar-refractivity contribution in [3.8, 4) is 11.5 Å². The van der Waals surface area contributed by atoms with Crippen LogP contribution in [0.1, 0.15) is 12.8 Å². The fourth-order valence-electron chi connectivity index (χ4n) is 2.81. The van der Waals surface area contributed by atoms with Crippen LogP contribution < -0.4 is 14.8 Å². The molecule has 0 saturated carbocycles. The van der Waals surface area contributed by atoms with E-state index in [4.69, 9.17) is 21.1 Å². The van der Waals surface area contributed by atoms with Crippen LogP contribution in [0.3, 0.4) is 0 Å². The third-order valence-electron chi connectivity index (χ3n) is 4.12. The van der Waals surface area contributed by atoms with Gasteiger partial charge in [-0.15, -0.1) is 12.4 Å². The second kappa shape index (κ2) is 9.10. The summed E-state index contributed by atoms with van der Waals surface area (Å²) in [5.74, 6) is 1.26. The van der Waals surface area contributed by atoms with E-state index in [0.717, 1.165) is 19.4 Å². The molecule has 1 aromatic rings. The van der Waals surface area contributed by atoms with E-state index in [9.17, 15) is 8.42 Å². The topological polar surface area (TPSA) is 67.9 Å². The number of rotatable bonds is 6. The first kappa shape index (κ1) is 21.3. The molecule has 1 N–H and O–H groups in total. The molecule has 6 nitrogen and oxygen atoms in total. The van der Waals surface area contributed by atoms with E-state index in [-0.39, 0.29) is 22.3 Å². The zero-order valence-electron chi connectivity index (χ0n) is 14.0. The van der Waals surface area contributed by atoms with Crippen molar-refractivity contribution in [1.82, 2.24) is 9.62 Å². The Kier molecular flexibility index (Phi) is 8.08. The normalized spacial score (nSPS) is 16.5. The van der Waals surface area contributed by atoms with Gasteiger partial charge < -0.3 is 14.8 Å². The van der Waals surface area contributed by atoms with Crippen molar-refractivity contribution >= 4 is 34.0 Å². The maximum Gasteiger partial charge on any atom is 0.244 e. The zero-order valence-corrected chi connectivity index (χ0v) is 16.4. The minimum atomic E-state index is -3.64. The average molecular weight is 399 g/mol. The summed E-state index contributed by atoms with van der Waals surface area (Å²) >= 11 is 6.17. The molecule has 0 radical (unpaired) electrons. The van der Waals surface area contributed by atoms with E-state index in [0.29, 0.717) is 30.5 Å². The summed E-state index contributed by atoms with van der Waals surface area (Å²) in [5, 5.41) is 3.28. The van der Waals surface area contributed by atoms with Gasteiger partial charge in [-0.2, -0.15) is 4.31 Å². The lowest BCUT2D eigenvalue weighted by Crippen LogP contribution is -2.40. The molecule has 1 heterocycles. The molecule has 0 spiro atoms. The van der Waals surface area contributed by atoms with E-state index in [1.807, 2.05) is 7.05 Å². The van der Waals surface area contributed by atoms with Crippen LogP contribution in [0, 0.1) is 5.92 Å². The van der Waals surface area contributed by atoms with Crippen LogP contribution in [-0.2, 0) is 10.0 Å². The number of benzene rings is 1. The lowest BCUT2D eigenvalue weighted by molar-refractivity contribution is 0.270. The molecule has 0 bridgehead atoms. The fourth-order valence-corrected chi connectivity index (χ4v) is 4.79. The summed E-state index contributed by atoms with van der Waals surface area (Å²) < 4.78 is 37.6. The van der Waals surface area contributed by atoms with Crippen LogP contribution in [-0.4, -0.2) is 53.6 Å². The Labute approximate surface area is 154 Å². The molecule has 0 aromatic heterocycles. The molecule has 9 heteroatoms. The highest BCUT2D eigenvalue weighted by molar-refractivity contribution is 7.89. The molecule has 1 fully saturated rings. The van der Waals surface area contributed by atoms with Crippen molar-refractivity contribution in [2.24, 2.45) is 5.92 Å². The van der Waals surface area contributed by atoms with Crippen LogP contribution in [0.25, 0.3) is 0 Å². The van der Waals surface area contributed by atoms with E-state index >= 15 is 0 Å². The Balaban J connectivity index is 0.00000288. The third-order valence-corrected chi connectivity index (χ3v) is 6.49. The van der Waals surface area contributed by atoms with E-state index in [1.54, 1.807) is 0 Å². The first-order valence-electron chi connectivity index (χ1n) is 7.50.